The van der Waals surface area contributed by atoms with Gasteiger partial charge in [-0.25, -0.2) is 0 Å². The van der Waals surface area contributed by atoms with E-state index >= 15 is 0 Å². The first-order valence-corrected chi connectivity index (χ1v) is 9.86. The average Bonchev–Trinajstić information content (AvgIpc) is 3.06. The summed E-state index contributed by atoms with van der Waals surface area (Å²) in [7, 11) is 0. The second kappa shape index (κ2) is 8.08. The van der Waals surface area contributed by atoms with E-state index in [1.165, 1.54) is 48.0 Å². The van der Waals surface area contributed by atoms with Crippen LogP contribution in [0.25, 0.3) is 0 Å². The van der Waals surface area contributed by atoms with Crippen LogP contribution in [0.3, 0.4) is 0 Å². The van der Waals surface area contributed by atoms with E-state index in [1.807, 2.05) is 0 Å². The number of halogens is 2. The molecule has 0 unspecified atom stereocenters. The Bertz CT molecular complexity index is 521. The van der Waals surface area contributed by atoms with Crippen molar-refractivity contribution in [1.29, 1.82) is 0 Å². The number of rotatable bonds is 8. The molecule has 0 aromatic heterocycles. The van der Waals surface area contributed by atoms with Gasteiger partial charge in [0, 0.05) is 28.3 Å². The topological polar surface area (TPSA) is 0 Å². The van der Waals surface area contributed by atoms with Crippen molar-refractivity contribution in [2.45, 2.75) is 79.1 Å². The van der Waals surface area contributed by atoms with E-state index in [0.29, 0.717) is 0 Å². The van der Waals surface area contributed by atoms with Crippen LogP contribution in [0.1, 0.15) is 79.1 Å². The van der Waals surface area contributed by atoms with Crippen LogP contribution in [0, 0.1) is 5.41 Å². The largest absolute Gasteiger partial charge is 0.0885 e. The molecule has 0 aliphatic heterocycles. The van der Waals surface area contributed by atoms with Crippen LogP contribution in [0.5, 0.6) is 0 Å². The summed E-state index contributed by atoms with van der Waals surface area (Å²) in [5.41, 5.74) is 5.47. The van der Waals surface area contributed by atoms with E-state index < -0.39 is 0 Å². The van der Waals surface area contributed by atoms with Gasteiger partial charge in [0.25, 0.3) is 0 Å². The molecule has 0 amide bonds. The molecule has 0 spiro atoms. The molecule has 2 rings (SSSR count). The van der Waals surface area contributed by atoms with Crippen LogP contribution in [0.15, 0.2) is 44.5 Å². The molecule has 2 heteroatoms. The standard InChI is InChI=1S/C21H30Cl2/c1-5-7-9-15-11-13-17(22)19(15)21(3,4)20-16(10-8-6-2)12-14-18(20)23/h11-12H,5-10,13-14H2,1-4H3. The Labute approximate surface area is 152 Å². The van der Waals surface area contributed by atoms with E-state index in [1.54, 1.807) is 0 Å². The second-order valence-electron chi connectivity index (χ2n) is 7.26. The minimum absolute atomic E-state index is 0.0969. The van der Waals surface area contributed by atoms with Crippen molar-refractivity contribution < 1.29 is 0 Å². The first-order valence-electron chi connectivity index (χ1n) is 9.10. The van der Waals surface area contributed by atoms with Crippen molar-refractivity contribution in [2.24, 2.45) is 5.41 Å². The summed E-state index contributed by atoms with van der Waals surface area (Å²) in [4.78, 5) is 0. The van der Waals surface area contributed by atoms with E-state index in [2.05, 4.69) is 39.8 Å². The van der Waals surface area contributed by atoms with Gasteiger partial charge in [-0.15, -0.1) is 0 Å². The van der Waals surface area contributed by atoms with Crippen molar-refractivity contribution >= 4 is 23.2 Å². The fourth-order valence-corrected chi connectivity index (χ4v) is 4.85. The van der Waals surface area contributed by atoms with Crippen molar-refractivity contribution in [2.75, 3.05) is 0 Å². The highest BCUT2D eigenvalue weighted by Gasteiger charge is 2.38. The van der Waals surface area contributed by atoms with Gasteiger partial charge >= 0.3 is 0 Å². The number of unbranched alkanes of at least 4 members (excludes halogenated alkanes) is 2. The molecule has 2 aliphatic carbocycles. The Balaban J connectivity index is 2.33. The summed E-state index contributed by atoms with van der Waals surface area (Å²) in [6.07, 6.45) is 13.6. The molecule has 0 fully saturated rings. The quantitative estimate of drug-likeness (QED) is 0.414. The summed E-state index contributed by atoms with van der Waals surface area (Å²) < 4.78 is 0. The van der Waals surface area contributed by atoms with Crippen molar-refractivity contribution in [1.82, 2.24) is 0 Å². The maximum absolute atomic E-state index is 6.66. The van der Waals surface area contributed by atoms with Crippen LogP contribution in [0.4, 0.5) is 0 Å². The van der Waals surface area contributed by atoms with E-state index in [-0.39, 0.29) is 5.41 Å². The fourth-order valence-electron chi connectivity index (χ4n) is 3.98. The molecule has 0 aromatic rings. The molecule has 2 aliphatic rings. The minimum Gasteiger partial charge on any atom is -0.0885 e. The van der Waals surface area contributed by atoms with Gasteiger partial charge in [0.05, 0.1) is 0 Å². The maximum Gasteiger partial charge on any atom is 0.0262 e. The van der Waals surface area contributed by atoms with Crippen LogP contribution >= 0.6 is 23.2 Å². The van der Waals surface area contributed by atoms with Gasteiger partial charge in [0.15, 0.2) is 0 Å². The number of hydrogen-bond donors (Lipinski definition) is 0. The fraction of sp³-hybridized carbons (Fsp3) is 0.619. The summed E-state index contributed by atoms with van der Waals surface area (Å²) in [5.74, 6) is 0. The zero-order valence-corrected chi connectivity index (χ0v) is 16.6. The first kappa shape index (κ1) is 18.9. The molecule has 0 aromatic carbocycles. The minimum atomic E-state index is -0.0969. The molecule has 0 bridgehead atoms. The average molecular weight is 353 g/mol. The molecule has 0 N–H and O–H groups in total. The molecular weight excluding hydrogens is 323 g/mol. The predicted molar refractivity (Wildman–Crippen MR) is 104 cm³/mol. The van der Waals surface area contributed by atoms with Gasteiger partial charge in [0.1, 0.15) is 0 Å². The van der Waals surface area contributed by atoms with Crippen molar-refractivity contribution in [3.8, 4) is 0 Å². The number of hydrogen-bond acceptors (Lipinski definition) is 0. The highest BCUT2D eigenvalue weighted by molar-refractivity contribution is 6.31. The first-order chi connectivity index (χ1) is 10.9. The van der Waals surface area contributed by atoms with Crippen LogP contribution in [-0.2, 0) is 0 Å². The SMILES string of the molecule is CCCCC1=CCC(Cl)=C1C(C)(C)C1=C(Cl)CC=C1CCCC. The zero-order chi connectivity index (χ0) is 17.0. The summed E-state index contributed by atoms with van der Waals surface area (Å²) in [6, 6.07) is 0. The lowest BCUT2D eigenvalue weighted by molar-refractivity contribution is 0.538. The second-order valence-corrected chi connectivity index (χ2v) is 8.17. The molecule has 128 valence electrons. The van der Waals surface area contributed by atoms with Crippen LogP contribution < -0.4 is 0 Å². The lowest BCUT2D eigenvalue weighted by Gasteiger charge is -2.33. The predicted octanol–water partition coefficient (Wildman–Crippen LogP) is 8.04. The van der Waals surface area contributed by atoms with Crippen LogP contribution in [0.2, 0.25) is 0 Å². The third kappa shape index (κ3) is 3.97. The third-order valence-electron chi connectivity index (χ3n) is 5.09. The van der Waals surface area contributed by atoms with Gasteiger partial charge in [-0.3, -0.25) is 0 Å². The zero-order valence-electron chi connectivity index (χ0n) is 15.1. The highest BCUT2D eigenvalue weighted by Crippen LogP contribution is 2.52. The maximum atomic E-state index is 6.66. The van der Waals surface area contributed by atoms with Gasteiger partial charge in [-0.1, -0.05) is 75.9 Å². The van der Waals surface area contributed by atoms with E-state index in [9.17, 15) is 0 Å². The number of allylic oxidation sites excluding steroid dienone is 8. The Morgan fingerprint density at radius 2 is 1.22 bits per heavy atom. The summed E-state index contributed by atoms with van der Waals surface area (Å²) >= 11 is 13.3. The van der Waals surface area contributed by atoms with Gasteiger partial charge in [-0.05, 0) is 48.0 Å². The van der Waals surface area contributed by atoms with Gasteiger partial charge < -0.3 is 0 Å². The van der Waals surface area contributed by atoms with E-state index in [0.717, 1.165) is 35.7 Å². The van der Waals surface area contributed by atoms with E-state index in [4.69, 9.17) is 23.2 Å². The molecule has 0 saturated carbocycles. The summed E-state index contributed by atoms with van der Waals surface area (Å²) in [5, 5.41) is 2.03. The summed E-state index contributed by atoms with van der Waals surface area (Å²) in [6.45, 7) is 9.10. The Morgan fingerprint density at radius 1 is 0.826 bits per heavy atom. The Hall–Kier alpha value is -0.460. The lowest BCUT2D eigenvalue weighted by Crippen LogP contribution is -2.21. The van der Waals surface area contributed by atoms with Crippen LogP contribution in [-0.4, -0.2) is 0 Å². The molecule has 0 saturated heterocycles. The molecule has 0 radical (unpaired) electrons. The molecule has 0 nitrogen and oxygen atoms in total. The lowest BCUT2D eigenvalue weighted by atomic mass is 9.71. The van der Waals surface area contributed by atoms with Gasteiger partial charge in [0.2, 0.25) is 0 Å². The monoisotopic (exact) mass is 352 g/mol. The molecule has 0 heterocycles. The van der Waals surface area contributed by atoms with Crippen molar-refractivity contribution in [3.05, 3.63) is 44.5 Å². The highest BCUT2D eigenvalue weighted by atomic mass is 35.5. The Kier molecular flexibility index (Phi) is 6.63. The van der Waals surface area contributed by atoms with Gasteiger partial charge in [-0.2, -0.15) is 0 Å². The molecule has 0 atom stereocenters. The third-order valence-corrected chi connectivity index (χ3v) is 5.78. The molecule has 23 heavy (non-hydrogen) atoms. The van der Waals surface area contributed by atoms with Crippen molar-refractivity contribution in [3.63, 3.8) is 0 Å². The molecular formula is C21H30Cl2. The smallest absolute Gasteiger partial charge is 0.0262 e. The normalized spacial score (nSPS) is 18.9. The Morgan fingerprint density at radius 3 is 1.57 bits per heavy atom.